The van der Waals surface area contributed by atoms with Gasteiger partial charge in [0, 0.05) is 5.69 Å². The van der Waals surface area contributed by atoms with E-state index < -0.39 is 10.0 Å². The summed E-state index contributed by atoms with van der Waals surface area (Å²) in [4.78, 5) is 7.61. The fourth-order valence-electron chi connectivity index (χ4n) is 0.912. The molecule has 0 unspecified atom stereocenters. The number of sulfonamides is 1. The summed E-state index contributed by atoms with van der Waals surface area (Å²) in [5.41, 5.74) is 0.589. The number of rotatable bonds is 4. The van der Waals surface area contributed by atoms with E-state index in [1.165, 1.54) is 12.1 Å². The van der Waals surface area contributed by atoms with Crippen molar-refractivity contribution in [1.29, 1.82) is 0 Å². The zero-order valence-corrected chi connectivity index (χ0v) is 9.64. The molecule has 0 fully saturated rings. The standard InChI is InChI=1S/C8H10ClN3O2S/c1-3-4-15(13,14)12-8-10-6(2)5-7(9)11-8/h3,5H,1,4H2,2H3,(H,10,11,12). The van der Waals surface area contributed by atoms with E-state index in [0.29, 0.717) is 5.69 Å². The Morgan fingerprint density at radius 2 is 2.27 bits per heavy atom. The van der Waals surface area contributed by atoms with E-state index in [9.17, 15) is 8.42 Å². The summed E-state index contributed by atoms with van der Waals surface area (Å²) in [7, 11) is -3.47. The maximum atomic E-state index is 11.3. The predicted molar refractivity (Wildman–Crippen MR) is 59.4 cm³/mol. The third kappa shape index (κ3) is 3.85. The van der Waals surface area contributed by atoms with E-state index in [1.54, 1.807) is 6.92 Å². The molecule has 0 saturated heterocycles. The number of aromatic nitrogens is 2. The number of halogens is 1. The molecule has 1 aromatic rings. The van der Waals surface area contributed by atoms with Crippen LogP contribution in [0.4, 0.5) is 5.95 Å². The second kappa shape index (κ2) is 4.59. The Morgan fingerprint density at radius 3 is 2.80 bits per heavy atom. The number of aryl methyl sites for hydroxylation is 1. The van der Waals surface area contributed by atoms with Gasteiger partial charge in [-0.05, 0) is 13.0 Å². The first-order valence-electron chi connectivity index (χ1n) is 4.05. The summed E-state index contributed by atoms with van der Waals surface area (Å²) in [6.07, 6.45) is 1.28. The number of nitrogens with zero attached hydrogens (tertiary/aromatic N) is 2. The van der Waals surface area contributed by atoms with Crippen LogP contribution in [-0.4, -0.2) is 24.1 Å². The second-order valence-corrected chi connectivity index (χ2v) is 4.98. The van der Waals surface area contributed by atoms with Gasteiger partial charge in [-0.25, -0.2) is 18.4 Å². The van der Waals surface area contributed by atoms with Gasteiger partial charge in [-0.15, -0.1) is 6.58 Å². The zero-order chi connectivity index (χ0) is 11.5. The van der Waals surface area contributed by atoms with Crippen molar-refractivity contribution in [2.75, 3.05) is 10.5 Å². The van der Waals surface area contributed by atoms with E-state index in [1.807, 2.05) is 0 Å². The summed E-state index contributed by atoms with van der Waals surface area (Å²) in [5.74, 6) is -0.219. The molecule has 82 valence electrons. The fourth-order valence-corrected chi connectivity index (χ4v) is 1.91. The van der Waals surface area contributed by atoms with Gasteiger partial charge in [0.15, 0.2) is 0 Å². The Morgan fingerprint density at radius 1 is 1.60 bits per heavy atom. The number of hydrogen-bond acceptors (Lipinski definition) is 4. The van der Waals surface area contributed by atoms with Gasteiger partial charge in [0.05, 0.1) is 5.75 Å². The maximum absolute atomic E-state index is 11.3. The lowest BCUT2D eigenvalue weighted by molar-refractivity contribution is 0.603. The molecule has 0 aromatic carbocycles. The molecule has 15 heavy (non-hydrogen) atoms. The van der Waals surface area contributed by atoms with Crippen LogP contribution in [0.3, 0.4) is 0 Å². The highest BCUT2D eigenvalue weighted by atomic mass is 35.5. The van der Waals surface area contributed by atoms with Crippen molar-refractivity contribution < 1.29 is 8.42 Å². The van der Waals surface area contributed by atoms with E-state index in [2.05, 4.69) is 21.3 Å². The van der Waals surface area contributed by atoms with Crippen LogP contribution in [0.2, 0.25) is 5.15 Å². The second-order valence-electron chi connectivity index (χ2n) is 2.83. The van der Waals surface area contributed by atoms with Crippen LogP contribution in [0.5, 0.6) is 0 Å². The summed E-state index contributed by atoms with van der Waals surface area (Å²) >= 11 is 5.65. The van der Waals surface area contributed by atoms with Crippen LogP contribution >= 0.6 is 11.6 Å². The SMILES string of the molecule is C=CCS(=O)(=O)Nc1nc(C)cc(Cl)n1. The molecule has 0 aliphatic rings. The Bertz CT molecular complexity index is 453. The lowest BCUT2D eigenvalue weighted by Crippen LogP contribution is -2.17. The zero-order valence-electron chi connectivity index (χ0n) is 8.07. The van der Waals surface area contributed by atoms with Gasteiger partial charge < -0.3 is 0 Å². The molecule has 0 saturated carbocycles. The summed E-state index contributed by atoms with van der Waals surface area (Å²) in [5, 5.41) is 0.193. The highest BCUT2D eigenvalue weighted by Gasteiger charge is 2.10. The molecule has 5 nitrogen and oxygen atoms in total. The number of anilines is 1. The Labute approximate surface area is 93.3 Å². The van der Waals surface area contributed by atoms with E-state index in [0.717, 1.165) is 0 Å². The van der Waals surface area contributed by atoms with Crippen molar-refractivity contribution in [1.82, 2.24) is 9.97 Å². The molecule has 1 heterocycles. The van der Waals surface area contributed by atoms with Crippen LogP contribution in [0, 0.1) is 6.92 Å². The van der Waals surface area contributed by atoms with E-state index >= 15 is 0 Å². The van der Waals surface area contributed by atoms with Crippen LogP contribution in [0.1, 0.15) is 5.69 Å². The van der Waals surface area contributed by atoms with E-state index in [-0.39, 0.29) is 16.9 Å². The first-order valence-corrected chi connectivity index (χ1v) is 6.08. The molecule has 7 heteroatoms. The van der Waals surface area contributed by atoms with Gasteiger partial charge in [-0.3, -0.25) is 4.72 Å². The van der Waals surface area contributed by atoms with Crippen LogP contribution < -0.4 is 4.72 Å². The van der Waals surface area contributed by atoms with Crippen molar-refractivity contribution in [2.24, 2.45) is 0 Å². The first-order chi connectivity index (χ1) is 6.93. The molecule has 0 bridgehead atoms. The number of hydrogen-bond donors (Lipinski definition) is 1. The van der Waals surface area contributed by atoms with Crippen molar-refractivity contribution >= 4 is 27.6 Å². The van der Waals surface area contributed by atoms with Crippen molar-refractivity contribution in [3.63, 3.8) is 0 Å². The highest BCUT2D eigenvalue weighted by molar-refractivity contribution is 7.92. The van der Waals surface area contributed by atoms with Crippen molar-refractivity contribution in [2.45, 2.75) is 6.92 Å². The summed E-state index contributed by atoms with van der Waals surface area (Å²) < 4.78 is 24.8. The molecule has 1 rings (SSSR count). The minimum Gasteiger partial charge on any atom is -0.251 e. The third-order valence-electron chi connectivity index (χ3n) is 1.41. The predicted octanol–water partition coefficient (Wildman–Crippen LogP) is 1.37. The quantitative estimate of drug-likeness (QED) is 0.644. The largest absolute Gasteiger partial charge is 0.251 e. The molecule has 0 aliphatic carbocycles. The Balaban J connectivity index is 2.94. The van der Waals surface area contributed by atoms with Gasteiger partial charge in [-0.2, -0.15) is 0 Å². The first kappa shape index (κ1) is 11.9. The maximum Gasteiger partial charge on any atom is 0.238 e. The van der Waals surface area contributed by atoms with Crippen molar-refractivity contribution in [3.8, 4) is 0 Å². The molecule has 1 aromatic heterocycles. The van der Waals surface area contributed by atoms with Gasteiger partial charge in [0.1, 0.15) is 5.15 Å². The van der Waals surface area contributed by atoms with Gasteiger partial charge in [-0.1, -0.05) is 17.7 Å². The fraction of sp³-hybridized carbons (Fsp3) is 0.250. The normalized spacial score (nSPS) is 11.1. The van der Waals surface area contributed by atoms with Crippen LogP contribution in [0.15, 0.2) is 18.7 Å². The third-order valence-corrected chi connectivity index (χ3v) is 2.77. The molecule has 1 N–H and O–H groups in total. The van der Waals surface area contributed by atoms with Crippen molar-refractivity contribution in [3.05, 3.63) is 29.6 Å². The highest BCUT2D eigenvalue weighted by Crippen LogP contribution is 2.10. The van der Waals surface area contributed by atoms with Gasteiger partial charge >= 0.3 is 0 Å². The molecule has 0 spiro atoms. The topological polar surface area (TPSA) is 72.0 Å². The Hall–Kier alpha value is -1.14. The Kier molecular flexibility index (Phi) is 3.65. The minimum atomic E-state index is -3.47. The molecular weight excluding hydrogens is 238 g/mol. The lowest BCUT2D eigenvalue weighted by Gasteiger charge is -2.04. The summed E-state index contributed by atoms with van der Waals surface area (Å²) in [6.45, 7) is 5.03. The average Bonchev–Trinajstić information content (AvgIpc) is 1.99. The number of nitrogens with one attached hydrogen (secondary N) is 1. The van der Waals surface area contributed by atoms with Gasteiger partial charge in [0.25, 0.3) is 0 Å². The average molecular weight is 248 g/mol. The van der Waals surface area contributed by atoms with Crippen LogP contribution in [0.25, 0.3) is 0 Å². The smallest absolute Gasteiger partial charge is 0.238 e. The van der Waals surface area contributed by atoms with Crippen LogP contribution in [-0.2, 0) is 10.0 Å². The minimum absolute atomic E-state index is 0.0261. The lowest BCUT2D eigenvalue weighted by atomic mass is 10.5. The molecule has 0 radical (unpaired) electrons. The molecule has 0 aliphatic heterocycles. The monoisotopic (exact) mass is 247 g/mol. The van der Waals surface area contributed by atoms with Gasteiger partial charge in [0.2, 0.25) is 16.0 Å². The molecule has 0 atom stereocenters. The summed E-state index contributed by atoms with van der Waals surface area (Å²) in [6, 6.07) is 1.53. The molecular formula is C8H10ClN3O2S. The molecule has 0 amide bonds. The van der Waals surface area contributed by atoms with E-state index in [4.69, 9.17) is 11.6 Å².